The maximum atomic E-state index is 6.32. The first-order chi connectivity index (χ1) is 12.8. The van der Waals surface area contributed by atoms with Crippen LogP contribution in [0.5, 0.6) is 0 Å². The van der Waals surface area contributed by atoms with Gasteiger partial charge in [0.15, 0.2) is 11.6 Å². The van der Waals surface area contributed by atoms with E-state index in [1.807, 2.05) is 25.1 Å². The van der Waals surface area contributed by atoms with E-state index in [0.29, 0.717) is 22.4 Å². The molecule has 0 saturated heterocycles. The molecule has 0 fully saturated rings. The van der Waals surface area contributed by atoms with Crippen LogP contribution in [0.25, 0.3) is 33.6 Å². The van der Waals surface area contributed by atoms with Crippen LogP contribution in [0.15, 0.2) is 28.7 Å². The number of benzene rings is 1. The van der Waals surface area contributed by atoms with Crippen molar-refractivity contribution in [3.05, 3.63) is 40.5 Å². The van der Waals surface area contributed by atoms with Crippen molar-refractivity contribution in [2.75, 3.05) is 12.3 Å². The minimum Gasteiger partial charge on any atom is -0.452 e. The van der Waals surface area contributed by atoms with Crippen molar-refractivity contribution in [3.63, 3.8) is 0 Å². The molecule has 1 aliphatic heterocycles. The average Bonchev–Trinajstić information content (AvgIpc) is 3.14. The Balaban J connectivity index is 1.79. The lowest BCUT2D eigenvalue weighted by atomic mass is 10.0. The fourth-order valence-corrected chi connectivity index (χ4v) is 4.21. The summed E-state index contributed by atoms with van der Waals surface area (Å²) in [6, 6.07) is 7.65. The molecule has 0 unspecified atom stereocenters. The quantitative estimate of drug-likeness (QED) is 0.515. The number of fused-ring (bicyclic) bond motifs is 4. The van der Waals surface area contributed by atoms with Gasteiger partial charge in [-0.05, 0) is 45.0 Å². The third-order valence-electron chi connectivity index (χ3n) is 5.34. The van der Waals surface area contributed by atoms with Gasteiger partial charge in [0.2, 0.25) is 0 Å². The number of aryl methyl sites for hydroxylation is 1. The molecule has 6 nitrogen and oxygen atoms in total. The molecular weight excluding hydrogens is 362 g/mol. The lowest BCUT2D eigenvalue weighted by molar-refractivity contribution is 0.298. The Bertz CT molecular complexity index is 1220. The standard InChI is InChI=1S/C20H20ClN5O/c1-10-13-6-11(21)4-5-15(13)27-16(10)18-24-17(22)14-7-12-8-23-9-20(2,3)26(12)19(14)25-18/h4-7,23H,8-9H2,1-3H3,(H2,22,24,25). The second kappa shape index (κ2) is 5.47. The largest absolute Gasteiger partial charge is 0.452 e. The summed E-state index contributed by atoms with van der Waals surface area (Å²) in [6.45, 7) is 8.02. The first-order valence-electron chi connectivity index (χ1n) is 8.93. The Hall–Kier alpha value is -2.57. The molecule has 0 aliphatic carbocycles. The van der Waals surface area contributed by atoms with E-state index in [1.165, 1.54) is 0 Å². The molecule has 7 heteroatoms. The maximum absolute atomic E-state index is 6.32. The predicted octanol–water partition coefficient (Wildman–Crippen LogP) is 4.23. The molecule has 27 heavy (non-hydrogen) atoms. The van der Waals surface area contributed by atoms with E-state index in [-0.39, 0.29) is 5.54 Å². The van der Waals surface area contributed by atoms with Crippen molar-refractivity contribution in [2.45, 2.75) is 32.9 Å². The molecule has 0 bridgehead atoms. The second-order valence-corrected chi connectivity index (χ2v) is 8.19. The highest BCUT2D eigenvalue weighted by Crippen LogP contribution is 2.36. The summed E-state index contributed by atoms with van der Waals surface area (Å²) in [5.41, 5.74) is 9.93. The van der Waals surface area contributed by atoms with Gasteiger partial charge in [-0.2, -0.15) is 0 Å². The van der Waals surface area contributed by atoms with Gasteiger partial charge in [-0.25, -0.2) is 9.97 Å². The van der Waals surface area contributed by atoms with Crippen molar-refractivity contribution >= 4 is 39.4 Å². The van der Waals surface area contributed by atoms with Crippen LogP contribution in [0.3, 0.4) is 0 Å². The van der Waals surface area contributed by atoms with Gasteiger partial charge in [-0.1, -0.05) is 11.6 Å². The molecule has 3 aromatic heterocycles. The first-order valence-corrected chi connectivity index (χ1v) is 9.31. The topological polar surface area (TPSA) is 81.9 Å². The van der Waals surface area contributed by atoms with Crippen LogP contribution in [0, 0.1) is 6.92 Å². The van der Waals surface area contributed by atoms with Crippen molar-refractivity contribution in [1.29, 1.82) is 0 Å². The van der Waals surface area contributed by atoms with Crippen LogP contribution >= 0.6 is 11.6 Å². The molecule has 0 atom stereocenters. The number of nitrogens with zero attached hydrogens (tertiary/aromatic N) is 3. The number of hydrogen-bond donors (Lipinski definition) is 2. The number of rotatable bonds is 1. The van der Waals surface area contributed by atoms with Crippen LogP contribution < -0.4 is 11.1 Å². The summed E-state index contributed by atoms with van der Waals surface area (Å²) in [4.78, 5) is 9.42. The summed E-state index contributed by atoms with van der Waals surface area (Å²) in [7, 11) is 0. The summed E-state index contributed by atoms with van der Waals surface area (Å²) in [6.07, 6.45) is 0. The molecule has 0 spiro atoms. The number of anilines is 1. The van der Waals surface area contributed by atoms with E-state index in [0.717, 1.165) is 46.3 Å². The van der Waals surface area contributed by atoms with E-state index in [2.05, 4.69) is 34.8 Å². The van der Waals surface area contributed by atoms with Crippen LogP contribution in [0.2, 0.25) is 5.02 Å². The smallest absolute Gasteiger partial charge is 0.199 e. The lowest BCUT2D eigenvalue weighted by Crippen LogP contribution is -2.44. The fraction of sp³-hybridized carbons (Fsp3) is 0.300. The third kappa shape index (κ3) is 2.37. The van der Waals surface area contributed by atoms with Crippen LogP contribution in [0.4, 0.5) is 5.82 Å². The highest BCUT2D eigenvalue weighted by molar-refractivity contribution is 6.31. The van der Waals surface area contributed by atoms with Gasteiger partial charge < -0.3 is 20.0 Å². The molecule has 4 aromatic rings. The minimum atomic E-state index is -0.107. The van der Waals surface area contributed by atoms with Crippen molar-refractivity contribution in [3.8, 4) is 11.6 Å². The van der Waals surface area contributed by atoms with E-state index in [1.54, 1.807) is 0 Å². The zero-order valence-corrected chi connectivity index (χ0v) is 16.2. The van der Waals surface area contributed by atoms with Crippen molar-refractivity contribution in [1.82, 2.24) is 19.9 Å². The SMILES string of the molecule is Cc1c(-c2nc(N)c3cc4n(c3n2)C(C)(C)CNC4)oc2ccc(Cl)cc12. The fourth-order valence-electron chi connectivity index (χ4n) is 4.04. The predicted molar refractivity (Wildman–Crippen MR) is 108 cm³/mol. The van der Waals surface area contributed by atoms with Gasteiger partial charge in [0, 0.05) is 34.8 Å². The maximum Gasteiger partial charge on any atom is 0.199 e. The van der Waals surface area contributed by atoms with E-state index in [4.69, 9.17) is 26.7 Å². The van der Waals surface area contributed by atoms with Crippen LogP contribution in [0.1, 0.15) is 25.1 Å². The van der Waals surface area contributed by atoms with Gasteiger partial charge in [0.05, 0.1) is 10.9 Å². The summed E-state index contributed by atoms with van der Waals surface area (Å²) < 4.78 is 8.31. The normalized spacial score (nSPS) is 16.1. The van der Waals surface area contributed by atoms with E-state index >= 15 is 0 Å². The number of nitrogens with one attached hydrogen (secondary N) is 1. The number of hydrogen-bond acceptors (Lipinski definition) is 5. The zero-order valence-electron chi connectivity index (χ0n) is 15.4. The summed E-state index contributed by atoms with van der Waals surface area (Å²) in [5.74, 6) is 1.59. The lowest BCUT2D eigenvalue weighted by Gasteiger charge is -2.34. The molecule has 3 N–H and O–H groups in total. The molecule has 4 heterocycles. The average molecular weight is 382 g/mol. The molecule has 1 aliphatic rings. The summed E-state index contributed by atoms with van der Waals surface area (Å²) >= 11 is 6.14. The van der Waals surface area contributed by atoms with Gasteiger partial charge in [-0.15, -0.1) is 0 Å². The number of nitrogen functional groups attached to an aromatic ring is 1. The molecule has 5 rings (SSSR count). The molecule has 138 valence electrons. The van der Waals surface area contributed by atoms with Gasteiger partial charge in [0.25, 0.3) is 0 Å². The molecule has 1 aromatic carbocycles. The minimum absolute atomic E-state index is 0.107. The summed E-state index contributed by atoms with van der Waals surface area (Å²) in [5, 5.41) is 5.96. The van der Waals surface area contributed by atoms with Crippen molar-refractivity contribution in [2.24, 2.45) is 0 Å². The van der Waals surface area contributed by atoms with Gasteiger partial charge in [0.1, 0.15) is 17.0 Å². The van der Waals surface area contributed by atoms with E-state index in [9.17, 15) is 0 Å². The Labute approximate surface area is 161 Å². The zero-order chi connectivity index (χ0) is 18.9. The highest BCUT2D eigenvalue weighted by atomic mass is 35.5. The third-order valence-corrected chi connectivity index (χ3v) is 5.57. The number of nitrogens with two attached hydrogens (primary N) is 1. The first kappa shape index (κ1) is 16.6. The highest BCUT2D eigenvalue weighted by Gasteiger charge is 2.30. The Morgan fingerprint density at radius 3 is 2.85 bits per heavy atom. The van der Waals surface area contributed by atoms with Gasteiger partial charge >= 0.3 is 0 Å². The molecule has 0 radical (unpaired) electrons. The van der Waals surface area contributed by atoms with E-state index < -0.39 is 0 Å². The van der Waals surface area contributed by atoms with Crippen LogP contribution in [-0.4, -0.2) is 21.1 Å². The Morgan fingerprint density at radius 1 is 1.22 bits per heavy atom. The Morgan fingerprint density at radius 2 is 2.04 bits per heavy atom. The van der Waals surface area contributed by atoms with Gasteiger partial charge in [-0.3, -0.25) is 0 Å². The number of furan rings is 1. The van der Waals surface area contributed by atoms with Crippen LogP contribution in [-0.2, 0) is 12.1 Å². The number of halogens is 1. The molecule has 0 amide bonds. The molecular formula is C20H20ClN5O. The Kier molecular flexibility index (Phi) is 3.36. The molecule has 0 saturated carbocycles. The monoisotopic (exact) mass is 381 g/mol. The van der Waals surface area contributed by atoms with Crippen molar-refractivity contribution < 1.29 is 4.42 Å². The number of aromatic nitrogens is 3. The second-order valence-electron chi connectivity index (χ2n) is 7.75.